The number of carbonyl (C=O) groups excluding carboxylic acids is 1. The molecule has 0 atom stereocenters. The Hall–Kier alpha value is -2.64. The lowest BCUT2D eigenvalue weighted by molar-refractivity contribution is -0.114. The molecule has 0 unspecified atom stereocenters. The molecule has 0 radical (unpaired) electrons. The van der Waals surface area contributed by atoms with Crippen LogP contribution in [0.3, 0.4) is 0 Å². The SMILES string of the molecule is CCCCc1ccc(NC(=O)CN(c2ccc(Br)cc2)S(=O)(=O)c2ccccc2)cc1. The average Bonchev–Trinajstić information content (AvgIpc) is 2.78. The number of unbranched alkanes of at least 4 members (excludes halogenated alkanes) is 1. The highest BCUT2D eigenvalue weighted by atomic mass is 79.9. The molecular weight excluding hydrogens is 476 g/mol. The molecule has 5 nitrogen and oxygen atoms in total. The number of amides is 1. The number of carbonyl (C=O) groups is 1. The van der Waals surface area contributed by atoms with Gasteiger partial charge in [0.25, 0.3) is 10.0 Å². The molecule has 0 aliphatic rings. The summed E-state index contributed by atoms with van der Waals surface area (Å²) in [4.78, 5) is 12.9. The second-order valence-electron chi connectivity index (χ2n) is 7.15. The van der Waals surface area contributed by atoms with Crippen LogP contribution in [0.25, 0.3) is 0 Å². The molecule has 0 bridgehead atoms. The van der Waals surface area contributed by atoms with Crippen molar-refractivity contribution in [2.45, 2.75) is 31.1 Å². The average molecular weight is 501 g/mol. The van der Waals surface area contributed by atoms with Gasteiger partial charge in [-0.25, -0.2) is 8.42 Å². The predicted octanol–water partition coefficient (Wildman–Crippen LogP) is 5.63. The van der Waals surface area contributed by atoms with Crippen molar-refractivity contribution in [1.29, 1.82) is 0 Å². The van der Waals surface area contributed by atoms with E-state index < -0.39 is 15.9 Å². The Morgan fingerprint density at radius 3 is 2.19 bits per heavy atom. The fourth-order valence-corrected chi connectivity index (χ4v) is 4.82. The van der Waals surface area contributed by atoms with Crippen molar-refractivity contribution in [2.75, 3.05) is 16.2 Å². The number of halogens is 1. The fourth-order valence-electron chi connectivity index (χ4n) is 3.11. The highest BCUT2D eigenvalue weighted by molar-refractivity contribution is 9.10. The largest absolute Gasteiger partial charge is 0.325 e. The van der Waals surface area contributed by atoms with Crippen LogP contribution in [0.4, 0.5) is 11.4 Å². The molecule has 0 saturated carbocycles. The number of nitrogens with one attached hydrogen (secondary N) is 1. The van der Waals surface area contributed by atoms with Gasteiger partial charge >= 0.3 is 0 Å². The molecule has 0 aromatic heterocycles. The van der Waals surface area contributed by atoms with Crippen LogP contribution in [0.5, 0.6) is 0 Å². The molecule has 0 spiro atoms. The van der Waals surface area contributed by atoms with Gasteiger partial charge in [-0.3, -0.25) is 9.10 Å². The van der Waals surface area contributed by atoms with Crippen molar-refractivity contribution in [3.05, 3.63) is 88.9 Å². The lowest BCUT2D eigenvalue weighted by Crippen LogP contribution is -2.38. The predicted molar refractivity (Wildman–Crippen MR) is 129 cm³/mol. The van der Waals surface area contributed by atoms with Crippen LogP contribution in [-0.2, 0) is 21.2 Å². The Bertz CT molecular complexity index is 1100. The van der Waals surface area contributed by atoms with Gasteiger partial charge in [0, 0.05) is 10.2 Å². The van der Waals surface area contributed by atoms with E-state index in [0.717, 1.165) is 28.0 Å². The minimum Gasteiger partial charge on any atom is -0.325 e. The zero-order chi connectivity index (χ0) is 22.3. The summed E-state index contributed by atoms with van der Waals surface area (Å²) in [5.41, 5.74) is 2.26. The van der Waals surface area contributed by atoms with Gasteiger partial charge in [-0.05, 0) is 66.9 Å². The number of nitrogens with zero attached hydrogens (tertiary/aromatic N) is 1. The second-order valence-corrected chi connectivity index (χ2v) is 9.93. The summed E-state index contributed by atoms with van der Waals surface area (Å²) in [7, 11) is -3.91. The van der Waals surface area contributed by atoms with E-state index >= 15 is 0 Å². The second kappa shape index (κ2) is 10.6. The smallest absolute Gasteiger partial charge is 0.264 e. The van der Waals surface area contributed by atoms with Crippen LogP contribution < -0.4 is 9.62 Å². The molecule has 3 rings (SSSR count). The van der Waals surface area contributed by atoms with Crippen LogP contribution in [0.1, 0.15) is 25.3 Å². The normalized spacial score (nSPS) is 11.2. The van der Waals surface area contributed by atoms with Crippen LogP contribution in [0.2, 0.25) is 0 Å². The Labute approximate surface area is 192 Å². The van der Waals surface area contributed by atoms with Crippen LogP contribution in [-0.4, -0.2) is 20.9 Å². The minimum atomic E-state index is -3.91. The summed E-state index contributed by atoms with van der Waals surface area (Å²) in [6.07, 6.45) is 3.24. The monoisotopic (exact) mass is 500 g/mol. The zero-order valence-corrected chi connectivity index (χ0v) is 19.7. The van der Waals surface area contributed by atoms with Gasteiger partial charge in [0.2, 0.25) is 5.91 Å². The molecule has 1 amide bonds. The first-order chi connectivity index (χ1) is 14.9. The van der Waals surface area contributed by atoms with Gasteiger partial charge in [-0.1, -0.05) is 59.6 Å². The molecular formula is C24H25BrN2O3S. The van der Waals surface area contributed by atoms with Gasteiger partial charge < -0.3 is 5.32 Å². The Balaban J connectivity index is 1.81. The first-order valence-corrected chi connectivity index (χ1v) is 12.4. The van der Waals surface area contributed by atoms with Gasteiger partial charge in [-0.2, -0.15) is 0 Å². The zero-order valence-electron chi connectivity index (χ0n) is 17.3. The molecule has 31 heavy (non-hydrogen) atoms. The number of sulfonamides is 1. The molecule has 1 N–H and O–H groups in total. The number of anilines is 2. The third-order valence-corrected chi connectivity index (χ3v) is 7.11. The van der Waals surface area contributed by atoms with E-state index in [1.165, 1.54) is 17.7 Å². The first-order valence-electron chi connectivity index (χ1n) is 10.1. The lowest BCUT2D eigenvalue weighted by Gasteiger charge is -2.24. The van der Waals surface area contributed by atoms with Crippen molar-refractivity contribution >= 4 is 43.2 Å². The van der Waals surface area contributed by atoms with E-state index in [4.69, 9.17) is 0 Å². The molecule has 3 aromatic carbocycles. The molecule has 0 aliphatic heterocycles. The maximum absolute atomic E-state index is 13.3. The third kappa shape index (κ3) is 6.18. The standard InChI is InChI=1S/C24H25BrN2O3S/c1-2-3-7-19-10-14-21(15-11-19)26-24(28)18-27(22-16-12-20(25)13-17-22)31(29,30)23-8-5-4-6-9-23/h4-6,8-17H,2-3,7,18H2,1H3,(H,26,28). The number of hydrogen-bond acceptors (Lipinski definition) is 3. The van der Waals surface area contributed by atoms with Gasteiger partial charge in [0.15, 0.2) is 0 Å². The molecule has 3 aromatic rings. The summed E-state index contributed by atoms with van der Waals surface area (Å²) in [6, 6.07) is 22.6. The van der Waals surface area contributed by atoms with Gasteiger partial charge in [-0.15, -0.1) is 0 Å². The maximum Gasteiger partial charge on any atom is 0.264 e. The summed E-state index contributed by atoms with van der Waals surface area (Å²) in [6.45, 7) is 1.81. The summed E-state index contributed by atoms with van der Waals surface area (Å²) < 4.78 is 28.5. The topological polar surface area (TPSA) is 66.5 Å². The van der Waals surface area contributed by atoms with Gasteiger partial charge in [0.05, 0.1) is 10.6 Å². The molecule has 0 heterocycles. The highest BCUT2D eigenvalue weighted by Gasteiger charge is 2.27. The molecule has 162 valence electrons. The molecule has 0 saturated heterocycles. The van der Waals surface area contributed by atoms with E-state index in [9.17, 15) is 13.2 Å². The van der Waals surface area contributed by atoms with Crippen molar-refractivity contribution in [2.24, 2.45) is 0 Å². The van der Waals surface area contributed by atoms with Crippen LogP contribution in [0.15, 0.2) is 88.2 Å². The molecule has 7 heteroatoms. The Kier molecular flexibility index (Phi) is 7.87. The first kappa shape index (κ1) is 23.0. The maximum atomic E-state index is 13.3. The Morgan fingerprint density at radius 1 is 0.935 bits per heavy atom. The van der Waals surface area contributed by atoms with E-state index in [1.54, 1.807) is 42.5 Å². The van der Waals surface area contributed by atoms with Crippen molar-refractivity contribution in [1.82, 2.24) is 0 Å². The van der Waals surface area contributed by atoms with Crippen molar-refractivity contribution in [3.63, 3.8) is 0 Å². The Morgan fingerprint density at radius 2 is 1.58 bits per heavy atom. The number of hydrogen-bond donors (Lipinski definition) is 1. The highest BCUT2D eigenvalue weighted by Crippen LogP contribution is 2.25. The molecule has 0 fully saturated rings. The summed E-state index contributed by atoms with van der Waals surface area (Å²) >= 11 is 3.36. The third-order valence-electron chi connectivity index (χ3n) is 4.79. The van der Waals surface area contributed by atoms with E-state index in [2.05, 4.69) is 28.2 Å². The van der Waals surface area contributed by atoms with E-state index in [0.29, 0.717) is 11.4 Å². The quantitative estimate of drug-likeness (QED) is 0.414. The number of aryl methyl sites for hydroxylation is 1. The summed E-state index contributed by atoms with van der Waals surface area (Å²) in [5, 5.41) is 2.81. The minimum absolute atomic E-state index is 0.131. The van der Waals surface area contributed by atoms with Crippen molar-refractivity contribution < 1.29 is 13.2 Å². The lowest BCUT2D eigenvalue weighted by atomic mass is 10.1. The number of rotatable bonds is 9. The van der Waals surface area contributed by atoms with Gasteiger partial charge in [0.1, 0.15) is 6.54 Å². The van der Waals surface area contributed by atoms with Crippen LogP contribution >= 0.6 is 15.9 Å². The number of benzene rings is 3. The van der Waals surface area contributed by atoms with E-state index in [-0.39, 0.29) is 11.4 Å². The van der Waals surface area contributed by atoms with Crippen molar-refractivity contribution in [3.8, 4) is 0 Å². The molecule has 0 aliphatic carbocycles. The van der Waals surface area contributed by atoms with E-state index in [1.807, 2.05) is 24.3 Å². The fraction of sp³-hybridized carbons (Fsp3) is 0.208. The van der Waals surface area contributed by atoms with Crippen LogP contribution in [0, 0.1) is 0 Å². The summed E-state index contributed by atoms with van der Waals surface area (Å²) in [5.74, 6) is -0.413.